The van der Waals surface area contributed by atoms with Gasteiger partial charge in [0.15, 0.2) is 0 Å². The molecule has 1 atom stereocenters. The van der Waals surface area contributed by atoms with Gasteiger partial charge in [0.2, 0.25) is 0 Å². The number of piperidine rings is 1. The van der Waals surface area contributed by atoms with Gasteiger partial charge in [-0.1, -0.05) is 6.07 Å². The molecule has 1 aliphatic rings. The van der Waals surface area contributed by atoms with E-state index in [2.05, 4.69) is 15.2 Å². The van der Waals surface area contributed by atoms with Crippen LogP contribution in [-0.2, 0) is 0 Å². The zero-order valence-corrected chi connectivity index (χ0v) is 15.2. The monoisotopic (exact) mass is 364 g/mol. The first kappa shape index (κ1) is 17.4. The Hall–Kier alpha value is -3.02. The molecule has 3 heterocycles. The number of carbonyl (C=O) groups is 1. The van der Waals surface area contributed by atoms with E-state index in [-0.39, 0.29) is 17.6 Å². The number of aryl methyl sites for hydroxylation is 1. The van der Waals surface area contributed by atoms with Crippen molar-refractivity contribution in [1.29, 1.82) is 0 Å². The van der Waals surface area contributed by atoms with Gasteiger partial charge in [-0.2, -0.15) is 5.10 Å². The second-order valence-corrected chi connectivity index (χ2v) is 6.97. The van der Waals surface area contributed by atoms with Gasteiger partial charge >= 0.3 is 0 Å². The highest BCUT2D eigenvalue weighted by molar-refractivity contribution is 5.94. The summed E-state index contributed by atoms with van der Waals surface area (Å²) in [5, 5.41) is 7.53. The Morgan fingerprint density at radius 2 is 2.00 bits per heavy atom. The summed E-state index contributed by atoms with van der Waals surface area (Å²) in [5.74, 6) is -0.188. The molecule has 5 nitrogen and oxygen atoms in total. The Labute approximate surface area is 157 Å². The molecule has 1 aromatic carbocycles. The fourth-order valence-electron chi connectivity index (χ4n) is 3.55. The summed E-state index contributed by atoms with van der Waals surface area (Å²) in [4.78, 5) is 19.1. The van der Waals surface area contributed by atoms with Crippen molar-refractivity contribution < 1.29 is 9.18 Å². The molecule has 6 heteroatoms. The molecule has 138 valence electrons. The Morgan fingerprint density at radius 3 is 2.78 bits per heavy atom. The smallest absolute Gasteiger partial charge is 0.253 e. The maximum atomic E-state index is 13.1. The van der Waals surface area contributed by atoms with E-state index in [1.807, 2.05) is 36.1 Å². The molecule has 1 fully saturated rings. The highest BCUT2D eigenvalue weighted by Gasteiger charge is 2.27. The number of hydrogen-bond donors (Lipinski definition) is 1. The zero-order chi connectivity index (χ0) is 18.8. The summed E-state index contributed by atoms with van der Waals surface area (Å²) in [6, 6.07) is 13.6. The predicted octanol–water partition coefficient (Wildman–Crippen LogP) is 3.94. The normalized spacial score (nSPS) is 17.1. The third-order valence-electron chi connectivity index (χ3n) is 4.99. The van der Waals surface area contributed by atoms with Crippen molar-refractivity contribution in [2.24, 2.45) is 0 Å². The molecule has 3 aromatic rings. The number of hydrogen-bond acceptors (Lipinski definition) is 3. The molecule has 1 saturated heterocycles. The number of aromatic nitrogens is 3. The second-order valence-electron chi connectivity index (χ2n) is 6.97. The fraction of sp³-hybridized carbons (Fsp3) is 0.286. The third kappa shape index (κ3) is 3.74. The van der Waals surface area contributed by atoms with Crippen molar-refractivity contribution >= 4 is 5.91 Å². The highest BCUT2D eigenvalue weighted by Crippen LogP contribution is 2.28. The summed E-state index contributed by atoms with van der Waals surface area (Å²) in [7, 11) is 0. The molecule has 1 N–H and O–H groups in total. The van der Waals surface area contributed by atoms with E-state index in [1.165, 1.54) is 12.1 Å². The number of nitrogens with one attached hydrogen (secondary N) is 1. The van der Waals surface area contributed by atoms with Crippen LogP contribution in [0.5, 0.6) is 0 Å². The predicted molar refractivity (Wildman–Crippen MR) is 101 cm³/mol. The van der Waals surface area contributed by atoms with Gasteiger partial charge in [-0.15, -0.1) is 0 Å². The van der Waals surface area contributed by atoms with Gasteiger partial charge in [-0.25, -0.2) is 4.39 Å². The van der Waals surface area contributed by atoms with Gasteiger partial charge in [-0.05, 0) is 62.2 Å². The summed E-state index contributed by atoms with van der Waals surface area (Å²) in [5.41, 5.74) is 4.14. The van der Waals surface area contributed by atoms with Crippen LogP contribution >= 0.6 is 0 Å². The van der Waals surface area contributed by atoms with Crippen LogP contribution < -0.4 is 0 Å². The topological polar surface area (TPSA) is 61.9 Å². The van der Waals surface area contributed by atoms with Crippen molar-refractivity contribution in [1.82, 2.24) is 20.1 Å². The summed E-state index contributed by atoms with van der Waals surface area (Å²) >= 11 is 0. The van der Waals surface area contributed by atoms with E-state index in [9.17, 15) is 9.18 Å². The number of likely N-dealkylation sites (tertiary alicyclic amines) is 1. The van der Waals surface area contributed by atoms with Crippen LogP contribution in [0.4, 0.5) is 4.39 Å². The summed E-state index contributed by atoms with van der Waals surface area (Å²) in [6.45, 7) is 3.30. The van der Waals surface area contributed by atoms with E-state index in [0.29, 0.717) is 18.7 Å². The van der Waals surface area contributed by atoms with Crippen molar-refractivity contribution in [3.05, 3.63) is 71.3 Å². The molecule has 4 rings (SSSR count). The SMILES string of the molecule is Cc1cccc(-c2cc([C@H]3CCCN(C(=O)c4ccc(F)cc4)C3)[nH]n2)n1. The van der Waals surface area contributed by atoms with Gasteiger partial charge in [0.25, 0.3) is 5.91 Å². The molecule has 0 saturated carbocycles. The third-order valence-corrected chi connectivity index (χ3v) is 4.99. The number of benzene rings is 1. The number of rotatable bonds is 3. The molecule has 0 radical (unpaired) electrons. The Balaban J connectivity index is 1.50. The Kier molecular flexibility index (Phi) is 4.71. The minimum Gasteiger partial charge on any atom is -0.338 e. The lowest BCUT2D eigenvalue weighted by Crippen LogP contribution is -2.39. The maximum absolute atomic E-state index is 13.1. The van der Waals surface area contributed by atoms with Crippen LogP contribution in [0, 0.1) is 12.7 Å². The summed E-state index contributed by atoms with van der Waals surface area (Å²) in [6.07, 6.45) is 1.92. The average molecular weight is 364 g/mol. The Bertz CT molecular complexity index is 951. The van der Waals surface area contributed by atoms with E-state index in [1.54, 1.807) is 12.1 Å². The maximum Gasteiger partial charge on any atom is 0.253 e. The molecule has 0 bridgehead atoms. The van der Waals surface area contributed by atoms with Crippen LogP contribution in [0.3, 0.4) is 0 Å². The molecule has 0 spiro atoms. The minimum absolute atomic E-state index is 0.0558. The quantitative estimate of drug-likeness (QED) is 0.766. The van der Waals surface area contributed by atoms with Crippen LogP contribution in [0.15, 0.2) is 48.5 Å². The number of carbonyl (C=O) groups excluding carboxylic acids is 1. The van der Waals surface area contributed by atoms with Crippen LogP contribution in [0.2, 0.25) is 0 Å². The lowest BCUT2D eigenvalue weighted by Gasteiger charge is -2.32. The fourth-order valence-corrected chi connectivity index (χ4v) is 3.55. The van der Waals surface area contributed by atoms with Gasteiger partial charge in [0, 0.05) is 36.0 Å². The van der Waals surface area contributed by atoms with E-state index in [0.717, 1.165) is 35.6 Å². The second kappa shape index (κ2) is 7.31. The van der Waals surface area contributed by atoms with Gasteiger partial charge in [0.1, 0.15) is 11.5 Å². The number of H-pyrrole nitrogens is 1. The average Bonchev–Trinajstić information content (AvgIpc) is 3.18. The van der Waals surface area contributed by atoms with Crippen LogP contribution in [0.25, 0.3) is 11.4 Å². The number of amides is 1. The van der Waals surface area contributed by atoms with Gasteiger partial charge in [-0.3, -0.25) is 14.9 Å². The number of pyridine rings is 1. The molecular formula is C21H21FN4O. The zero-order valence-electron chi connectivity index (χ0n) is 15.2. The largest absolute Gasteiger partial charge is 0.338 e. The van der Waals surface area contributed by atoms with Gasteiger partial charge < -0.3 is 4.90 Å². The number of halogens is 1. The van der Waals surface area contributed by atoms with E-state index >= 15 is 0 Å². The lowest BCUT2D eigenvalue weighted by atomic mass is 9.94. The molecular weight excluding hydrogens is 343 g/mol. The first-order valence-corrected chi connectivity index (χ1v) is 9.14. The van der Waals surface area contributed by atoms with E-state index < -0.39 is 0 Å². The Morgan fingerprint density at radius 1 is 1.19 bits per heavy atom. The van der Waals surface area contributed by atoms with Crippen LogP contribution in [-0.4, -0.2) is 39.1 Å². The molecule has 1 aliphatic heterocycles. The van der Waals surface area contributed by atoms with Gasteiger partial charge in [0.05, 0.1) is 5.69 Å². The molecule has 0 unspecified atom stereocenters. The van der Waals surface area contributed by atoms with Crippen molar-refractivity contribution in [2.45, 2.75) is 25.7 Å². The van der Waals surface area contributed by atoms with Crippen LogP contribution in [0.1, 0.15) is 40.5 Å². The van der Waals surface area contributed by atoms with Crippen molar-refractivity contribution in [2.75, 3.05) is 13.1 Å². The lowest BCUT2D eigenvalue weighted by molar-refractivity contribution is 0.0706. The first-order valence-electron chi connectivity index (χ1n) is 9.14. The molecule has 0 aliphatic carbocycles. The van der Waals surface area contributed by atoms with Crippen molar-refractivity contribution in [3.63, 3.8) is 0 Å². The number of aromatic amines is 1. The van der Waals surface area contributed by atoms with Crippen molar-refractivity contribution in [3.8, 4) is 11.4 Å². The highest BCUT2D eigenvalue weighted by atomic mass is 19.1. The molecule has 27 heavy (non-hydrogen) atoms. The first-order chi connectivity index (χ1) is 13.1. The standard InChI is InChI=1S/C21H21FN4O/c1-14-4-2-6-18(23-14)20-12-19(24-25-20)16-5-3-11-26(13-16)21(27)15-7-9-17(22)10-8-15/h2,4,6-10,12,16H,3,5,11,13H2,1H3,(H,24,25)/t16-/m0/s1. The summed E-state index contributed by atoms with van der Waals surface area (Å²) < 4.78 is 13.1. The number of nitrogens with zero attached hydrogens (tertiary/aromatic N) is 3. The van der Waals surface area contributed by atoms with E-state index in [4.69, 9.17) is 0 Å². The minimum atomic E-state index is -0.335. The molecule has 2 aromatic heterocycles. The molecule has 1 amide bonds.